The van der Waals surface area contributed by atoms with Crippen molar-refractivity contribution in [3.8, 4) is 0 Å². The van der Waals surface area contributed by atoms with Gasteiger partial charge in [0.05, 0.1) is 5.41 Å². The standard InChI is InChI=1S/C14H24N2O3/c1-10(8-11-4-5-11)15-13(19)16-7-3-6-14(2,9-16)12(17)18/h10-11H,3-9H2,1-2H3,(H,15,19)(H,17,18). The number of carboxylic acids is 1. The first kappa shape index (κ1) is 14.2. The Morgan fingerprint density at radius 3 is 2.74 bits per heavy atom. The number of carbonyl (C=O) groups excluding carboxylic acids is 1. The Labute approximate surface area is 114 Å². The summed E-state index contributed by atoms with van der Waals surface area (Å²) in [6, 6.07) is 0.0679. The fourth-order valence-corrected chi connectivity index (χ4v) is 2.80. The molecule has 0 aromatic heterocycles. The summed E-state index contributed by atoms with van der Waals surface area (Å²) in [5.41, 5.74) is -0.796. The molecule has 5 nitrogen and oxygen atoms in total. The van der Waals surface area contributed by atoms with Crippen LogP contribution in [0.4, 0.5) is 4.79 Å². The van der Waals surface area contributed by atoms with Crippen LogP contribution < -0.4 is 5.32 Å². The van der Waals surface area contributed by atoms with Gasteiger partial charge in [-0.1, -0.05) is 12.8 Å². The summed E-state index contributed by atoms with van der Waals surface area (Å²) >= 11 is 0. The van der Waals surface area contributed by atoms with E-state index in [0.717, 1.165) is 18.8 Å². The topological polar surface area (TPSA) is 69.6 Å². The lowest BCUT2D eigenvalue weighted by Gasteiger charge is -2.37. The van der Waals surface area contributed by atoms with Gasteiger partial charge in [-0.15, -0.1) is 0 Å². The first-order chi connectivity index (χ1) is 8.90. The van der Waals surface area contributed by atoms with Crippen LogP contribution in [0.1, 0.15) is 46.0 Å². The molecule has 5 heteroatoms. The summed E-state index contributed by atoms with van der Waals surface area (Å²) in [5.74, 6) is -0.0306. The number of carbonyl (C=O) groups is 2. The van der Waals surface area contributed by atoms with E-state index in [0.29, 0.717) is 19.5 Å². The molecule has 0 radical (unpaired) electrons. The predicted octanol–water partition coefficient (Wildman–Crippen LogP) is 2.07. The lowest BCUT2D eigenvalue weighted by molar-refractivity contribution is -0.150. The molecule has 0 bridgehead atoms. The molecule has 0 aromatic rings. The average Bonchev–Trinajstić information content (AvgIpc) is 3.12. The summed E-state index contributed by atoms with van der Waals surface area (Å²) < 4.78 is 0. The predicted molar refractivity (Wildman–Crippen MR) is 71.9 cm³/mol. The molecule has 1 aliphatic carbocycles. The highest BCUT2D eigenvalue weighted by atomic mass is 16.4. The highest BCUT2D eigenvalue weighted by molar-refractivity contribution is 5.78. The maximum atomic E-state index is 12.1. The molecule has 108 valence electrons. The number of rotatable bonds is 4. The zero-order valence-electron chi connectivity index (χ0n) is 11.8. The van der Waals surface area contributed by atoms with Crippen molar-refractivity contribution in [3.63, 3.8) is 0 Å². The molecule has 0 aromatic carbocycles. The maximum Gasteiger partial charge on any atom is 0.317 e. The van der Waals surface area contributed by atoms with Crippen LogP contribution in [-0.4, -0.2) is 41.1 Å². The number of carboxylic acid groups (broad SMARTS) is 1. The second kappa shape index (κ2) is 5.39. The van der Waals surface area contributed by atoms with Crippen LogP contribution in [0.2, 0.25) is 0 Å². The van der Waals surface area contributed by atoms with E-state index in [4.69, 9.17) is 0 Å². The van der Waals surface area contributed by atoms with E-state index in [-0.39, 0.29) is 12.1 Å². The molecule has 1 heterocycles. The number of nitrogens with one attached hydrogen (secondary N) is 1. The van der Waals surface area contributed by atoms with Gasteiger partial charge in [0.1, 0.15) is 0 Å². The molecule has 1 saturated carbocycles. The summed E-state index contributed by atoms with van der Waals surface area (Å²) in [4.78, 5) is 25.1. The van der Waals surface area contributed by atoms with Crippen LogP contribution in [0, 0.1) is 11.3 Å². The summed E-state index contributed by atoms with van der Waals surface area (Å²) in [6.07, 6.45) is 4.99. The maximum absolute atomic E-state index is 12.1. The quantitative estimate of drug-likeness (QED) is 0.820. The van der Waals surface area contributed by atoms with E-state index in [1.807, 2.05) is 6.92 Å². The molecule has 2 amide bonds. The minimum absolute atomic E-state index is 0.111. The fourth-order valence-electron chi connectivity index (χ4n) is 2.80. The first-order valence-electron chi connectivity index (χ1n) is 7.19. The summed E-state index contributed by atoms with van der Waals surface area (Å²) in [6.45, 7) is 4.72. The third kappa shape index (κ3) is 3.61. The van der Waals surface area contributed by atoms with E-state index in [9.17, 15) is 14.7 Å². The molecule has 1 aliphatic heterocycles. The number of urea groups is 1. The first-order valence-corrected chi connectivity index (χ1v) is 7.19. The zero-order valence-corrected chi connectivity index (χ0v) is 11.8. The minimum Gasteiger partial charge on any atom is -0.481 e. The summed E-state index contributed by atoms with van der Waals surface area (Å²) in [5, 5.41) is 12.2. The largest absolute Gasteiger partial charge is 0.481 e. The Kier molecular flexibility index (Phi) is 4.02. The van der Waals surface area contributed by atoms with Gasteiger partial charge in [-0.25, -0.2) is 4.79 Å². The number of hydrogen-bond acceptors (Lipinski definition) is 2. The molecule has 1 saturated heterocycles. The molecule has 2 N–H and O–H groups in total. The van der Waals surface area contributed by atoms with E-state index in [2.05, 4.69) is 5.32 Å². The molecular formula is C14H24N2O3. The van der Waals surface area contributed by atoms with Crippen molar-refractivity contribution < 1.29 is 14.7 Å². The van der Waals surface area contributed by atoms with E-state index in [1.54, 1.807) is 11.8 Å². The van der Waals surface area contributed by atoms with Gasteiger partial charge < -0.3 is 15.3 Å². The van der Waals surface area contributed by atoms with E-state index >= 15 is 0 Å². The van der Waals surface area contributed by atoms with Crippen molar-refractivity contribution >= 4 is 12.0 Å². The average molecular weight is 268 g/mol. The van der Waals surface area contributed by atoms with Gasteiger partial charge in [0.15, 0.2) is 0 Å². The number of nitrogens with zero attached hydrogens (tertiary/aromatic N) is 1. The lowest BCUT2D eigenvalue weighted by Crippen LogP contribution is -2.52. The van der Waals surface area contributed by atoms with Gasteiger partial charge in [0.25, 0.3) is 0 Å². The Bertz CT molecular complexity index is 368. The molecule has 2 rings (SSSR count). The molecule has 2 atom stereocenters. The number of likely N-dealkylation sites (tertiary alicyclic amines) is 1. The van der Waals surface area contributed by atoms with Crippen LogP contribution in [0.5, 0.6) is 0 Å². The SMILES string of the molecule is CC(CC1CC1)NC(=O)N1CCCC(C)(C(=O)O)C1. The Morgan fingerprint density at radius 1 is 1.47 bits per heavy atom. The van der Waals surface area contributed by atoms with Gasteiger partial charge in [-0.2, -0.15) is 0 Å². The van der Waals surface area contributed by atoms with Gasteiger partial charge in [-0.3, -0.25) is 4.79 Å². The van der Waals surface area contributed by atoms with Crippen molar-refractivity contribution in [2.75, 3.05) is 13.1 Å². The number of amides is 2. The minimum atomic E-state index is -0.809. The van der Waals surface area contributed by atoms with Crippen molar-refractivity contribution in [1.82, 2.24) is 10.2 Å². The molecule has 2 aliphatic rings. The van der Waals surface area contributed by atoms with Gasteiger partial charge in [0, 0.05) is 19.1 Å². The Balaban J connectivity index is 1.85. The number of hydrogen-bond donors (Lipinski definition) is 2. The van der Waals surface area contributed by atoms with Crippen molar-refractivity contribution in [2.24, 2.45) is 11.3 Å². The van der Waals surface area contributed by atoms with Gasteiger partial charge in [-0.05, 0) is 39.0 Å². The van der Waals surface area contributed by atoms with Crippen LogP contribution in [0.15, 0.2) is 0 Å². The van der Waals surface area contributed by atoms with Crippen molar-refractivity contribution in [3.05, 3.63) is 0 Å². The Morgan fingerprint density at radius 2 is 2.16 bits per heavy atom. The monoisotopic (exact) mass is 268 g/mol. The van der Waals surface area contributed by atoms with E-state index < -0.39 is 11.4 Å². The molecule has 2 unspecified atom stereocenters. The van der Waals surface area contributed by atoms with Crippen LogP contribution in [0.25, 0.3) is 0 Å². The Hall–Kier alpha value is -1.26. The highest BCUT2D eigenvalue weighted by Gasteiger charge is 2.39. The third-order valence-electron chi connectivity index (χ3n) is 4.25. The van der Waals surface area contributed by atoms with Gasteiger partial charge in [0.2, 0.25) is 0 Å². The second-order valence-electron chi connectivity index (χ2n) is 6.42. The second-order valence-corrected chi connectivity index (χ2v) is 6.42. The molecular weight excluding hydrogens is 244 g/mol. The van der Waals surface area contributed by atoms with Gasteiger partial charge >= 0.3 is 12.0 Å². The molecule has 2 fully saturated rings. The molecule has 0 spiro atoms. The third-order valence-corrected chi connectivity index (χ3v) is 4.25. The smallest absolute Gasteiger partial charge is 0.317 e. The zero-order chi connectivity index (χ0) is 14.0. The van der Waals surface area contributed by atoms with Crippen molar-refractivity contribution in [2.45, 2.75) is 52.0 Å². The van der Waals surface area contributed by atoms with Crippen LogP contribution in [-0.2, 0) is 4.79 Å². The molecule has 19 heavy (non-hydrogen) atoms. The van der Waals surface area contributed by atoms with E-state index in [1.165, 1.54) is 12.8 Å². The van der Waals surface area contributed by atoms with Crippen LogP contribution in [0.3, 0.4) is 0 Å². The van der Waals surface area contributed by atoms with Crippen molar-refractivity contribution in [1.29, 1.82) is 0 Å². The summed E-state index contributed by atoms with van der Waals surface area (Å²) in [7, 11) is 0. The fraction of sp³-hybridized carbons (Fsp3) is 0.857. The normalized spacial score (nSPS) is 28.8. The number of aliphatic carboxylic acids is 1. The van der Waals surface area contributed by atoms with Crippen LogP contribution >= 0.6 is 0 Å². The lowest BCUT2D eigenvalue weighted by atomic mass is 9.82. The highest BCUT2D eigenvalue weighted by Crippen LogP contribution is 2.33. The number of piperidine rings is 1.